The van der Waals surface area contributed by atoms with Gasteiger partial charge in [0.2, 0.25) is 5.78 Å². The van der Waals surface area contributed by atoms with Crippen LogP contribution in [0.4, 0.5) is 0 Å². The zero-order valence-electron chi connectivity index (χ0n) is 20.6. The van der Waals surface area contributed by atoms with Gasteiger partial charge in [-0.15, -0.1) is 11.3 Å². The van der Waals surface area contributed by atoms with Crippen molar-refractivity contribution in [3.63, 3.8) is 0 Å². The van der Waals surface area contributed by atoms with Gasteiger partial charge in [0, 0.05) is 23.6 Å². The highest BCUT2D eigenvalue weighted by molar-refractivity contribution is 7.12. The second kappa shape index (κ2) is 10.0. The molecule has 1 aliphatic rings. The van der Waals surface area contributed by atoms with Crippen molar-refractivity contribution in [1.82, 2.24) is 9.88 Å². The molecule has 0 saturated carbocycles. The third kappa shape index (κ3) is 4.31. The van der Waals surface area contributed by atoms with E-state index in [1.54, 1.807) is 42.8 Å². The lowest BCUT2D eigenvalue weighted by atomic mass is 9.95. The molecule has 2 aromatic heterocycles. The van der Waals surface area contributed by atoms with E-state index in [1.165, 1.54) is 30.5 Å². The topological polar surface area (TPSA) is 101 Å². The lowest BCUT2D eigenvalue weighted by Crippen LogP contribution is -2.33. The summed E-state index contributed by atoms with van der Waals surface area (Å²) in [6.45, 7) is 0.271. The summed E-state index contributed by atoms with van der Waals surface area (Å²) in [4.78, 5) is 32.1. The molecule has 1 aliphatic heterocycles. The van der Waals surface area contributed by atoms with E-state index in [1.807, 2.05) is 24.4 Å². The number of aromatic nitrogens is 1. The molecule has 0 unspecified atom stereocenters. The summed E-state index contributed by atoms with van der Waals surface area (Å²) >= 11 is 1.26. The van der Waals surface area contributed by atoms with Crippen molar-refractivity contribution in [2.24, 2.45) is 0 Å². The van der Waals surface area contributed by atoms with Gasteiger partial charge in [-0.25, -0.2) is 0 Å². The second-order valence-electron chi connectivity index (χ2n) is 8.56. The number of nitrogens with zero attached hydrogens (tertiary/aromatic N) is 1. The van der Waals surface area contributed by atoms with Gasteiger partial charge >= 0.3 is 0 Å². The Kier molecular flexibility index (Phi) is 6.62. The number of thiophene rings is 1. The van der Waals surface area contributed by atoms with Crippen LogP contribution < -0.4 is 14.2 Å². The number of fused-ring (bicyclic) bond motifs is 1. The standard InChI is InChI=1S/C28H26N2O6S/c1-34-18-7-8-20-19(14-18)17(15-29-20)10-11-30-25(16-6-9-21(35-2)22(13-16)36-3)24(27(32)28(30)33)26(31)23-5-4-12-37-23/h4-9,12-15,25,29,32H,10-11H2,1-3H3/t25-/m0/s1. The number of benzene rings is 2. The van der Waals surface area contributed by atoms with Crippen LogP contribution in [-0.4, -0.2) is 54.6 Å². The Morgan fingerprint density at radius 2 is 1.86 bits per heavy atom. The second-order valence-corrected chi connectivity index (χ2v) is 9.51. The zero-order chi connectivity index (χ0) is 26.1. The summed E-state index contributed by atoms with van der Waals surface area (Å²) in [6.07, 6.45) is 2.40. The first-order chi connectivity index (χ1) is 18.0. The predicted octanol–water partition coefficient (Wildman–Crippen LogP) is 5.08. The van der Waals surface area contributed by atoms with Gasteiger partial charge in [-0.2, -0.15) is 0 Å². The number of aromatic amines is 1. The first-order valence-corrected chi connectivity index (χ1v) is 12.5. The van der Waals surface area contributed by atoms with Crippen molar-refractivity contribution in [3.8, 4) is 17.2 Å². The highest BCUT2D eigenvalue weighted by Gasteiger charge is 2.44. The van der Waals surface area contributed by atoms with Crippen molar-refractivity contribution in [2.75, 3.05) is 27.9 Å². The van der Waals surface area contributed by atoms with Gasteiger partial charge in [0.1, 0.15) is 5.75 Å². The normalized spacial score (nSPS) is 15.5. The fraction of sp³-hybridized carbons (Fsp3) is 0.214. The average molecular weight is 519 g/mol. The number of rotatable bonds is 9. The van der Waals surface area contributed by atoms with Crippen molar-refractivity contribution >= 4 is 33.9 Å². The first-order valence-electron chi connectivity index (χ1n) is 11.6. The van der Waals surface area contributed by atoms with Crippen LogP contribution in [0.3, 0.4) is 0 Å². The molecule has 3 heterocycles. The van der Waals surface area contributed by atoms with Crippen LogP contribution in [0.25, 0.3) is 10.9 Å². The molecular formula is C28H26N2O6S. The van der Waals surface area contributed by atoms with Crippen LogP contribution in [-0.2, 0) is 11.2 Å². The van der Waals surface area contributed by atoms with E-state index in [0.29, 0.717) is 28.4 Å². The van der Waals surface area contributed by atoms with E-state index in [9.17, 15) is 14.7 Å². The molecule has 0 aliphatic carbocycles. The van der Waals surface area contributed by atoms with Gasteiger partial charge in [-0.05, 0) is 59.3 Å². The van der Waals surface area contributed by atoms with Crippen molar-refractivity contribution in [1.29, 1.82) is 0 Å². The number of ketones is 1. The Bertz CT molecular complexity index is 1500. The lowest BCUT2D eigenvalue weighted by Gasteiger charge is -2.27. The highest BCUT2D eigenvalue weighted by atomic mass is 32.1. The maximum Gasteiger partial charge on any atom is 0.290 e. The number of amides is 1. The minimum atomic E-state index is -0.790. The molecule has 9 heteroatoms. The van der Waals surface area contributed by atoms with Crippen LogP contribution >= 0.6 is 11.3 Å². The SMILES string of the molecule is COc1ccc2[nH]cc(CCN3C(=O)C(O)=C(C(=O)c4cccs4)[C@@H]3c3ccc(OC)c(OC)c3)c2c1. The maximum atomic E-state index is 13.5. The Morgan fingerprint density at radius 3 is 2.57 bits per heavy atom. The van der Waals surface area contributed by atoms with Crippen LogP contribution in [0.1, 0.15) is 26.8 Å². The average Bonchev–Trinajstić information content (AvgIpc) is 3.66. The first kappa shape index (κ1) is 24.5. The third-order valence-corrected chi connectivity index (χ3v) is 7.48. The minimum absolute atomic E-state index is 0.0558. The van der Waals surface area contributed by atoms with Crippen LogP contribution in [0.2, 0.25) is 0 Å². The molecular weight excluding hydrogens is 492 g/mol. The number of hydrogen-bond acceptors (Lipinski definition) is 7. The number of carbonyl (C=O) groups is 2. The molecule has 0 saturated heterocycles. The Morgan fingerprint density at radius 1 is 1.05 bits per heavy atom. The Labute approximate surface area is 217 Å². The molecule has 0 radical (unpaired) electrons. The molecule has 1 atom stereocenters. The fourth-order valence-electron chi connectivity index (χ4n) is 4.76. The van der Waals surface area contributed by atoms with Crippen LogP contribution in [0.5, 0.6) is 17.2 Å². The lowest BCUT2D eigenvalue weighted by molar-refractivity contribution is -0.129. The monoisotopic (exact) mass is 518 g/mol. The molecule has 8 nitrogen and oxygen atoms in total. The summed E-state index contributed by atoms with van der Waals surface area (Å²) < 4.78 is 16.2. The smallest absolute Gasteiger partial charge is 0.290 e. The molecule has 2 aromatic carbocycles. The van der Waals surface area contributed by atoms with E-state index in [-0.39, 0.29) is 17.9 Å². The summed E-state index contributed by atoms with van der Waals surface area (Å²) in [6, 6.07) is 13.7. The van der Waals surface area contributed by atoms with Crippen molar-refractivity contribution < 1.29 is 28.9 Å². The fourth-order valence-corrected chi connectivity index (χ4v) is 5.44. The summed E-state index contributed by atoms with van der Waals surface area (Å²) in [5.41, 5.74) is 2.63. The third-order valence-electron chi connectivity index (χ3n) is 6.61. The zero-order valence-corrected chi connectivity index (χ0v) is 21.4. The van der Waals surface area contributed by atoms with E-state index in [4.69, 9.17) is 14.2 Å². The molecule has 0 fully saturated rings. The molecule has 2 N–H and O–H groups in total. The molecule has 190 valence electrons. The number of Topliss-reactive ketones (excluding diaryl/α,β-unsaturated/α-hetero) is 1. The molecule has 37 heavy (non-hydrogen) atoms. The van der Waals surface area contributed by atoms with Crippen LogP contribution in [0, 0.1) is 0 Å². The summed E-state index contributed by atoms with van der Waals surface area (Å²) in [5, 5.41) is 13.7. The molecule has 0 bridgehead atoms. The number of methoxy groups -OCH3 is 3. The van der Waals surface area contributed by atoms with Crippen LogP contribution in [0.15, 0.2) is 71.4 Å². The number of ether oxygens (including phenoxy) is 3. The van der Waals surface area contributed by atoms with E-state index >= 15 is 0 Å². The van der Waals surface area contributed by atoms with Crippen molar-refractivity contribution in [3.05, 3.63) is 87.4 Å². The minimum Gasteiger partial charge on any atom is -0.503 e. The summed E-state index contributed by atoms with van der Waals surface area (Å²) in [7, 11) is 4.68. The van der Waals surface area contributed by atoms with Gasteiger partial charge in [-0.3, -0.25) is 9.59 Å². The molecule has 5 rings (SSSR count). The van der Waals surface area contributed by atoms with Gasteiger partial charge in [0.15, 0.2) is 17.3 Å². The number of H-pyrrole nitrogens is 1. The van der Waals surface area contributed by atoms with E-state index in [0.717, 1.165) is 22.2 Å². The number of hydrogen-bond donors (Lipinski definition) is 2. The number of aliphatic hydroxyl groups excluding tert-OH is 1. The van der Waals surface area contributed by atoms with Gasteiger partial charge in [-0.1, -0.05) is 12.1 Å². The molecule has 0 spiro atoms. The van der Waals surface area contributed by atoms with Gasteiger partial charge in [0.05, 0.1) is 37.8 Å². The number of carbonyl (C=O) groups excluding carboxylic acids is 2. The maximum absolute atomic E-state index is 13.5. The predicted molar refractivity (Wildman–Crippen MR) is 141 cm³/mol. The highest BCUT2D eigenvalue weighted by Crippen LogP contribution is 2.42. The van der Waals surface area contributed by atoms with Gasteiger partial charge < -0.3 is 29.2 Å². The molecule has 1 amide bonds. The molecule has 4 aromatic rings. The quantitative estimate of drug-likeness (QED) is 0.300. The summed E-state index contributed by atoms with van der Waals surface area (Å²) in [5.74, 6) is 0.229. The van der Waals surface area contributed by atoms with E-state index in [2.05, 4.69) is 4.98 Å². The Hall–Kier alpha value is -4.24. The van der Waals surface area contributed by atoms with E-state index < -0.39 is 17.7 Å². The number of aliphatic hydroxyl groups is 1. The largest absolute Gasteiger partial charge is 0.503 e. The number of nitrogens with one attached hydrogen (secondary N) is 1. The Balaban J connectivity index is 1.54. The van der Waals surface area contributed by atoms with Crippen molar-refractivity contribution in [2.45, 2.75) is 12.5 Å². The van der Waals surface area contributed by atoms with Gasteiger partial charge in [0.25, 0.3) is 5.91 Å².